The molecule has 1 aliphatic rings. The monoisotopic (exact) mass is 295 g/mol. The maximum absolute atomic E-state index is 12.8. The molecule has 0 bridgehead atoms. The van der Waals surface area contributed by atoms with Gasteiger partial charge in [0.2, 0.25) is 0 Å². The highest BCUT2D eigenvalue weighted by molar-refractivity contribution is 5.58. The molecule has 1 aliphatic heterocycles. The number of anilines is 1. The van der Waals surface area contributed by atoms with Crippen LogP contribution in [-0.2, 0) is 12.6 Å². The zero-order valence-corrected chi connectivity index (χ0v) is 11.8. The van der Waals surface area contributed by atoms with Gasteiger partial charge in [-0.25, -0.2) is 4.68 Å². The van der Waals surface area contributed by atoms with Crippen LogP contribution in [0.15, 0.2) is 24.3 Å². The highest BCUT2D eigenvalue weighted by Crippen LogP contribution is 2.34. The minimum atomic E-state index is -4.35. The number of hydrogen-bond donors (Lipinski definition) is 1. The molecule has 0 aliphatic carbocycles. The van der Waals surface area contributed by atoms with E-state index in [4.69, 9.17) is 0 Å². The van der Waals surface area contributed by atoms with E-state index in [1.54, 1.807) is 10.7 Å². The standard InChI is InChI=1S/C15H16F3N3/c1-9(2)13-12-6-7-19-14(12)21(20-13)11-5-3-4-10(8-11)15(16,17)18/h3-5,8-9,19H,6-7H2,1-2H3. The summed E-state index contributed by atoms with van der Waals surface area (Å²) < 4.78 is 40.1. The van der Waals surface area contributed by atoms with Crippen molar-refractivity contribution in [2.45, 2.75) is 32.4 Å². The highest BCUT2D eigenvalue weighted by Gasteiger charge is 2.31. The SMILES string of the molecule is CC(C)c1nn(-c2cccc(C(F)(F)F)c2)c2c1CCN2. The van der Waals surface area contributed by atoms with Crippen LogP contribution in [0, 0.1) is 0 Å². The molecule has 0 atom stereocenters. The van der Waals surface area contributed by atoms with Gasteiger partial charge in [-0.3, -0.25) is 0 Å². The molecule has 3 nitrogen and oxygen atoms in total. The molecule has 1 aromatic carbocycles. The fourth-order valence-electron chi connectivity index (χ4n) is 2.67. The predicted molar refractivity (Wildman–Crippen MR) is 74.8 cm³/mol. The Morgan fingerprint density at radius 1 is 1.29 bits per heavy atom. The van der Waals surface area contributed by atoms with Crippen molar-refractivity contribution in [1.29, 1.82) is 0 Å². The normalized spacial score (nSPS) is 14.4. The Bertz CT molecular complexity index is 671. The van der Waals surface area contributed by atoms with Gasteiger partial charge in [-0.1, -0.05) is 19.9 Å². The number of benzene rings is 1. The molecule has 21 heavy (non-hydrogen) atoms. The minimum absolute atomic E-state index is 0.241. The van der Waals surface area contributed by atoms with Crippen molar-refractivity contribution < 1.29 is 13.2 Å². The number of fused-ring (bicyclic) bond motifs is 1. The summed E-state index contributed by atoms with van der Waals surface area (Å²) in [5.74, 6) is 1.06. The molecule has 2 heterocycles. The van der Waals surface area contributed by atoms with E-state index in [2.05, 4.69) is 10.4 Å². The second-order valence-corrected chi connectivity index (χ2v) is 5.50. The maximum Gasteiger partial charge on any atom is 0.416 e. The van der Waals surface area contributed by atoms with Gasteiger partial charge in [-0.2, -0.15) is 18.3 Å². The second kappa shape index (κ2) is 4.79. The Labute approximate surface area is 120 Å². The molecular formula is C15H16F3N3. The topological polar surface area (TPSA) is 29.9 Å². The summed E-state index contributed by atoms with van der Waals surface area (Å²) >= 11 is 0. The van der Waals surface area contributed by atoms with Crippen molar-refractivity contribution in [2.24, 2.45) is 0 Å². The third kappa shape index (κ3) is 2.39. The largest absolute Gasteiger partial charge is 0.416 e. The van der Waals surface area contributed by atoms with Gasteiger partial charge in [0.15, 0.2) is 0 Å². The molecule has 1 N–H and O–H groups in total. The van der Waals surface area contributed by atoms with Crippen LogP contribution in [0.2, 0.25) is 0 Å². The zero-order valence-electron chi connectivity index (χ0n) is 11.8. The first-order valence-corrected chi connectivity index (χ1v) is 6.91. The number of nitrogens with zero attached hydrogens (tertiary/aromatic N) is 2. The van der Waals surface area contributed by atoms with Crippen molar-refractivity contribution in [1.82, 2.24) is 9.78 Å². The first-order valence-electron chi connectivity index (χ1n) is 6.91. The van der Waals surface area contributed by atoms with Gasteiger partial charge < -0.3 is 5.32 Å². The Hall–Kier alpha value is -1.98. The van der Waals surface area contributed by atoms with Crippen LogP contribution in [0.1, 0.15) is 36.6 Å². The fourth-order valence-corrected chi connectivity index (χ4v) is 2.67. The number of aromatic nitrogens is 2. The third-order valence-electron chi connectivity index (χ3n) is 3.65. The maximum atomic E-state index is 12.8. The second-order valence-electron chi connectivity index (χ2n) is 5.50. The van der Waals surface area contributed by atoms with Gasteiger partial charge in [0.1, 0.15) is 5.82 Å². The lowest BCUT2D eigenvalue weighted by Crippen LogP contribution is -2.08. The lowest BCUT2D eigenvalue weighted by atomic mass is 10.1. The lowest BCUT2D eigenvalue weighted by Gasteiger charge is -2.10. The zero-order chi connectivity index (χ0) is 15.2. The van der Waals surface area contributed by atoms with E-state index < -0.39 is 11.7 Å². The van der Waals surface area contributed by atoms with Gasteiger partial charge in [0.05, 0.1) is 16.9 Å². The predicted octanol–water partition coefficient (Wildman–Crippen LogP) is 3.98. The first kappa shape index (κ1) is 14.0. The molecule has 1 aromatic heterocycles. The molecule has 2 aromatic rings. The van der Waals surface area contributed by atoms with Gasteiger partial charge in [0, 0.05) is 12.1 Å². The number of halogens is 3. The van der Waals surface area contributed by atoms with Crippen LogP contribution in [0.4, 0.5) is 19.0 Å². The quantitative estimate of drug-likeness (QED) is 0.908. The van der Waals surface area contributed by atoms with Crippen LogP contribution in [0.3, 0.4) is 0 Å². The number of alkyl halides is 3. The number of rotatable bonds is 2. The summed E-state index contributed by atoms with van der Waals surface area (Å²) in [7, 11) is 0. The third-order valence-corrected chi connectivity index (χ3v) is 3.65. The van der Waals surface area contributed by atoms with Crippen LogP contribution < -0.4 is 5.32 Å². The molecule has 112 valence electrons. The summed E-state index contributed by atoms with van der Waals surface area (Å²) in [6.45, 7) is 4.88. The van der Waals surface area contributed by atoms with Crippen molar-refractivity contribution in [3.8, 4) is 5.69 Å². The van der Waals surface area contributed by atoms with Gasteiger partial charge in [-0.05, 0) is 30.5 Å². The molecular weight excluding hydrogens is 279 g/mol. The molecule has 0 saturated heterocycles. The molecule has 0 radical (unpaired) electrons. The van der Waals surface area contributed by atoms with Crippen molar-refractivity contribution in [3.05, 3.63) is 41.1 Å². The average Bonchev–Trinajstić information content (AvgIpc) is 2.98. The van der Waals surface area contributed by atoms with E-state index >= 15 is 0 Å². The van der Waals surface area contributed by atoms with Crippen molar-refractivity contribution in [2.75, 3.05) is 11.9 Å². The summed E-state index contributed by atoms with van der Waals surface area (Å²) in [5.41, 5.74) is 1.84. The molecule has 6 heteroatoms. The van der Waals surface area contributed by atoms with Crippen molar-refractivity contribution in [3.63, 3.8) is 0 Å². The van der Waals surface area contributed by atoms with E-state index in [1.165, 1.54) is 6.07 Å². The van der Waals surface area contributed by atoms with E-state index in [0.29, 0.717) is 5.69 Å². The average molecular weight is 295 g/mol. The molecule has 0 amide bonds. The molecule has 3 rings (SSSR count). The smallest absolute Gasteiger partial charge is 0.369 e. The first-order chi connectivity index (χ1) is 9.88. The Balaban J connectivity index is 2.12. The lowest BCUT2D eigenvalue weighted by molar-refractivity contribution is -0.137. The van der Waals surface area contributed by atoms with Crippen LogP contribution in [0.25, 0.3) is 5.69 Å². The highest BCUT2D eigenvalue weighted by atomic mass is 19.4. The Morgan fingerprint density at radius 2 is 2.05 bits per heavy atom. The van der Waals surface area contributed by atoms with Crippen LogP contribution in [0.5, 0.6) is 0 Å². The minimum Gasteiger partial charge on any atom is -0.369 e. The summed E-state index contributed by atoms with van der Waals surface area (Å²) in [6, 6.07) is 5.27. The van der Waals surface area contributed by atoms with Gasteiger partial charge >= 0.3 is 6.18 Å². The summed E-state index contributed by atoms with van der Waals surface area (Å²) in [6.07, 6.45) is -3.48. The van der Waals surface area contributed by atoms with E-state index in [9.17, 15) is 13.2 Å². The van der Waals surface area contributed by atoms with Gasteiger partial charge in [0.25, 0.3) is 0 Å². The Morgan fingerprint density at radius 3 is 2.71 bits per heavy atom. The van der Waals surface area contributed by atoms with E-state index in [-0.39, 0.29) is 5.92 Å². The molecule has 0 unspecified atom stereocenters. The summed E-state index contributed by atoms with van der Waals surface area (Å²) in [5, 5.41) is 7.73. The number of nitrogens with one attached hydrogen (secondary N) is 1. The van der Waals surface area contributed by atoms with Gasteiger partial charge in [-0.15, -0.1) is 0 Å². The summed E-state index contributed by atoms with van der Waals surface area (Å²) in [4.78, 5) is 0. The molecule has 0 saturated carbocycles. The van der Waals surface area contributed by atoms with Crippen LogP contribution >= 0.6 is 0 Å². The fraction of sp³-hybridized carbons (Fsp3) is 0.400. The molecule has 0 spiro atoms. The number of hydrogen-bond acceptors (Lipinski definition) is 2. The molecule has 0 fully saturated rings. The Kier molecular flexibility index (Phi) is 3.19. The van der Waals surface area contributed by atoms with E-state index in [0.717, 1.165) is 42.2 Å². The van der Waals surface area contributed by atoms with E-state index in [1.807, 2.05) is 13.8 Å². The van der Waals surface area contributed by atoms with Crippen LogP contribution in [-0.4, -0.2) is 16.3 Å². The van der Waals surface area contributed by atoms with Crippen molar-refractivity contribution >= 4 is 5.82 Å².